The van der Waals surface area contributed by atoms with Crippen molar-refractivity contribution in [1.29, 1.82) is 0 Å². The Morgan fingerprint density at radius 3 is 2.31 bits per heavy atom. The number of rotatable bonds is 10. The predicted octanol–water partition coefficient (Wildman–Crippen LogP) is 5.21. The number of carbonyl (C=O) groups is 2. The van der Waals surface area contributed by atoms with E-state index in [2.05, 4.69) is 5.32 Å². The van der Waals surface area contributed by atoms with Crippen LogP contribution in [0.4, 0.5) is 4.39 Å². The lowest BCUT2D eigenvalue weighted by atomic mass is 10.0. The van der Waals surface area contributed by atoms with Gasteiger partial charge in [0.15, 0.2) is 18.2 Å². The van der Waals surface area contributed by atoms with Gasteiger partial charge in [-0.1, -0.05) is 85.1 Å². The quantitative estimate of drug-likeness (QED) is 0.426. The summed E-state index contributed by atoms with van der Waals surface area (Å²) in [5.74, 6) is -1.07. The maximum absolute atomic E-state index is 14.1. The van der Waals surface area contributed by atoms with Crippen molar-refractivity contribution in [3.8, 4) is 5.75 Å². The number of ether oxygens (including phenoxy) is 1. The summed E-state index contributed by atoms with van der Waals surface area (Å²) in [6.07, 6.45) is 4.46. The molecule has 0 bridgehead atoms. The molecule has 0 aliphatic heterocycles. The van der Waals surface area contributed by atoms with Gasteiger partial charge >= 0.3 is 0 Å². The summed E-state index contributed by atoms with van der Waals surface area (Å²) in [4.78, 5) is 28.8. The van der Waals surface area contributed by atoms with Crippen LogP contribution in [0, 0.1) is 12.7 Å². The van der Waals surface area contributed by atoms with Crippen LogP contribution in [0.25, 0.3) is 0 Å². The Kier molecular flexibility index (Phi) is 8.71. The monoisotopic (exact) mass is 488 g/mol. The van der Waals surface area contributed by atoms with Gasteiger partial charge in [-0.15, -0.1) is 0 Å². The van der Waals surface area contributed by atoms with E-state index >= 15 is 0 Å². The molecule has 3 aromatic rings. The third-order valence-corrected chi connectivity index (χ3v) is 6.63. The molecule has 36 heavy (non-hydrogen) atoms. The van der Waals surface area contributed by atoms with E-state index in [0.29, 0.717) is 6.42 Å². The summed E-state index contributed by atoms with van der Waals surface area (Å²) < 4.78 is 19.7. The average molecular weight is 489 g/mol. The maximum Gasteiger partial charge on any atom is 0.261 e. The molecular weight excluding hydrogens is 455 g/mol. The molecule has 6 heteroatoms. The minimum Gasteiger partial charge on any atom is -0.481 e. The minimum atomic E-state index is -0.731. The molecular formula is C30H33FN2O3. The predicted molar refractivity (Wildman–Crippen MR) is 138 cm³/mol. The molecule has 1 fully saturated rings. The Labute approximate surface area is 212 Å². The molecule has 0 heterocycles. The van der Waals surface area contributed by atoms with Crippen LogP contribution in [-0.2, 0) is 22.6 Å². The number of nitrogens with one attached hydrogen (secondary N) is 1. The van der Waals surface area contributed by atoms with Crippen molar-refractivity contribution in [2.24, 2.45) is 0 Å². The number of aryl methyl sites for hydroxylation is 1. The fraction of sp³-hybridized carbons (Fsp3) is 0.333. The van der Waals surface area contributed by atoms with Crippen LogP contribution in [0.3, 0.4) is 0 Å². The highest BCUT2D eigenvalue weighted by atomic mass is 19.1. The molecule has 0 spiro atoms. The lowest BCUT2D eigenvalue weighted by Crippen LogP contribution is -2.53. The SMILES string of the molecule is Cc1ccc(CN(C(=O)COc2ccccc2F)[C@H](Cc2ccccc2)C(=O)NC2CCCC2)cc1. The van der Waals surface area contributed by atoms with Crippen molar-refractivity contribution < 1.29 is 18.7 Å². The van der Waals surface area contributed by atoms with Crippen molar-refractivity contribution in [3.05, 3.63) is 101 Å². The highest BCUT2D eigenvalue weighted by Gasteiger charge is 2.32. The standard InChI is InChI=1S/C30H33FN2O3/c1-22-15-17-24(18-16-22)20-33(29(34)21-36-28-14-8-7-13-26(28)31)27(19-23-9-3-2-4-10-23)30(35)32-25-11-5-6-12-25/h2-4,7-10,13-18,25,27H,5-6,11-12,19-21H2,1H3,(H,32,35)/t27-/m1/s1. The molecule has 1 atom stereocenters. The van der Waals surface area contributed by atoms with Crippen LogP contribution < -0.4 is 10.1 Å². The Morgan fingerprint density at radius 2 is 1.61 bits per heavy atom. The molecule has 0 saturated heterocycles. The number of para-hydroxylation sites is 1. The molecule has 3 aromatic carbocycles. The first-order valence-corrected chi connectivity index (χ1v) is 12.6. The van der Waals surface area contributed by atoms with Crippen molar-refractivity contribution in [3.63, 3.8) is 0 Å². The Morgan fingerprint density at radius 1 is 0.944 bits per heavy atom. The Bertz CT molecular complexity index is 1140. The van der Waals surface area contributed by atoms with Crippen molar-refractivity contribution >= 4 is 11.8 Å². The summed E-state index contributed by atoms with van der Waals surface area (Å²) in [5, 5.41) is 3.18. The first-order chi connectivity index (χ1) is 17.5. The third kappa shape index (κ3) is 6.94. The number of carbonyl (C=O) groups excluding carboxylic acids is 2. The molecule has 2 amide bonds. The smallest absolute Gasteiger partial charge is 0.261 e. The van der Waals surface area contributed by atoms with Crippen molar-refractivity contribution in [2.75, 3.05) is 6.61 Å². The second-order valence-electron chi connectivity index (χ2n) is 9.42. The van der Waals surface area contributed by atoms with Crippen molar-refractivity contribution in [2.45, 2.75) is 57.7 Å². The molecule has 1 aliphatic carbocycles. The van der Waals surface area contributed by atoms with E-state index in [1.54, 1.807) is 17.0 Å². The number of nitrogens with zero attached hydrogens (tertiary/aromatic N) is 1. The molecule has 4 rings (SSSR count). The van der Waals surface area contributed by atoms with E-state index in [-0.39, 0.29) is 36.8 Å². The summed E-state index contributed by atoms with van der Waals surface area (Å²) in [6.45, 7) is 1.88. The fourth-order valence-electron chi connectivity index (χ4n) is 4.60. The van der Waals surface area contributed by atoms with Gasteiger partial charge in [-0.25, -0.2) is 4.39 Å². The van der Waals surface area contributed by atoms with Gasteiger partial charge in [0.1, 0.15) is 6.04 Å². The van der Waals surface area contributed by atoms with E-state index in [9.17, 15) is 14.0 Å². The number of hydrogen-bond donors (Lipinski definition) is 1. The molecule has 0 unspecified atom stereocenters. The molecule has 1 N–H and O–H groups in total. The van der Waals surface area contributed by atoms with E-state index in [1.165, 1.54) is 12.1 Å². The first kappa shape index (κ1) is 25.4. The molecule has 0 aromatic heterocycles. The van der Waals surface area contributed by atoms with E-state index in [4.69, 9.17) is 4.74 Å². The summed E-state index contributed by atoms with van der Waals surface area (Å²) in [7, 11) is 0. The van der Waals surface area contributed by atoms with Crippen LogP contribution >= 0.6 is 0 Å². The molecule has 1 aliphatic rings. The number of halogens is 1. The summed E-state index contributed by atoms with van der Waals surface area (Å²) >= 11 is 0. The second kappa shape index (κ2) is 12.3. The lowest BCUT2D eigenvalue weighted by Gasteiger charge is -2.32. The van der Waals surface area contributed by atoms with Gasteiger partial charge < -0.3 is 15.0 Å². The van der Waals surface area contributed by atoms with Crippen LogP contribution in [-0.4, -0.2) is 35.4 Å². The topological polar surface area (TPSA) is 58.6 Å². The van der Waals surface area contributed by atoms with Gasteiger partial charge in [-0.2, -0.15) is 0 Å². The van der Waals surface area contributed by atoms with Gasteiger partial charge in [0.2, 0.25) is 5.91 Å². The third-order valence-electron chi connectivity index (χ3n) is 6.63. The average Bonchev–Trinajstić information content (AvgIpc) is 3.40. The number of benzene rings is 3. The normalized spacial score (nSPS) is 14.3. The van der Waals surface area contributed by atoms with Gasteiger partial charge in [0, 0.05) is 19.0 Å². The lowest BCUT2D eigenvalue weighted by molar-refractivity contribution is -0.143. The van der Waals surface area contributed by atoms with Gasteiger partial charge in [0.05, 0.1) is 0 Å². The summed E-state index contributed by atoms with van der Waals surface area (Å²) in [6, 6.07) is 23.0. The van der Waals surface area contributed by atoms with E-state index in [1.807, 2.05) is 61.5 Å². The van der Waals surface area contributed by atoms with E-state index in [0.717, 1.165) is 42.4 Å². The molecule has 1 saturated carbocycles. The van der Waals surface area contributed by atoms with Crippen LogP contribution in [0.5, 0.6) is 5.75 Å². The zero-order valence-corrected chi connectivity index (χ0v) is 20.7. The van der Waals surface area contributed by atoms with Crippen LogP contribution in [0.15, 0.2) is 78.9 Å². The number of hydrogen-bond acceptors (Lipinski definition) is 3. The van der Waals surface area contributed by atoms with Crippen molar-refractivity contribution in [1.82, 2.24) is 10.2 Å². The van der Waals surface area contributed by atoms with Crippen LogP contribution in [0.2, 0.25) is 0 Å². The second-order valence-corrected chi connectivity index (χ2v) is 9.42. The molecule has 188 valence electrons. The van der Waals surface area contributed by atoms with Gasteiger partial charge in [-0.05, 0) is 43.0 Å². The number of amides is 2. The largest absolute Gasteiger partial charge is 0.481 e. The zero-order valence-electron chi connectivity index (χ0n) is 20.7. The van der Waals surface area contributed by atoms with Gasteiger partial charge in [-0.3, -0.25) is 9.59 Å². The fourth-order valence-corrected chi connectivity index (χ4v) is 4.60. The Hall–Kier alpha value is -3.67. The highest BCUT2D eigenvalue weighted by Crippen LogP contribution is 2.21. The highest BCUT2D eigenvalue weighted by molar-refractivity contribution is 5.88. The first-order valence-electron chi connectivity index (χ1n) is 12.6. The minimum absolute atomic E-state index is 0.0103. The summed E-state index contributed by atoms with van der Waals surface area (Å²) in [5.41, 5.74) is 2.98. The van der Waals surface area contributed by atoms with E-state index < -0.39 is 11.9 Å². The Balaban J connectivity index is 1.61. The van der Waals surface area contributed by atoms with Crippen LogP contribution in [0.1, 0.15) is 42.4 Å². The maximum atomic E-state index is 14.1. The molecule has 0 radical (unpaired) electrons. The zero-order chi connectivity index (χ0) is 25.3. The van der Waals surface area contributed by atoms with Gasteiger partial charge in [0.25, 0.3) is 5.91 Å². The molecule has 5 nitrogen and oxygen atoms in total.